The molecule has 1 heterocycles. The molecule has 0 bridgehead atoms. The van der Waals surface area contributed by atoms with Gasteiger partial charge in [-0.1, -0.05) is 30.5 Å². The fourth-order valence-corrected chi connectivity index (χ4v) is 3.12. The first-order valence-electron chi connectivity index (χ1n) is 8.53. The van der Waals surface area contributed by atoms with Gasteiger partial charge in [0, 0.05) is 18.8 Å². The van der Waals surface area contributed by atoms with Crippen LogP contribution in [-0.2, 0) is 0 Å². The van der Waals surface area contributed by atoms with Gasteiger partial charge in [0.1, 0.15) is 18.2 Å². The lowest BCUT2D eigenvalue weighted by Crippen LogP contribution is -2.43. The first-order chi connectivity index (χ1) is 12.8. The van der Waals surface area contributed by atoms with Gasteiger partial charge in [-0.3, -0.25) is 9.79 Å². The zero-order valence-corrected chi connectivity index (χ0v) is 15.0. The summed E-state index contributed by atoms with van der Waals surface area (Å²) in [5.74, 6) is -0.723. The van der Waals surface area contributed by atoms with E-state index in [4.69, 9.17) is 11.6 Å². The van der Waals surface area contributed by atoms with Crippen molar-refractivity contribution in [2.75, 3.05) is 13.2 Å². The third-order valence-electron chi connectivity index (χ3n) is 4.58. The molecule has 1 fully saturated rings. The van der Waals surface area contributed by atoms with E-state index in [2.05, 4.69) is 10.3 Å². The number of nitrogens with one attached hydrogen (secondary N) is 1. The molecule has 1 aliphatic carbocycles. The predicted octanol–water partition coefficient (Wildman–Crippen LogP) is 4.17. The zero-order chi connectivity index (χ0) is 19.6. The zero-order valence-electron chi connectivity index (χ0n) is 14.3. The quantitative estimate of drug-likeness (QED) is 0.725. The molecule has 1 N–H and O–H groups in total. The van der Waals surface area contributed by atoms with Gasteiger partial charge in [0.25, 0.3) is 5.91 Å². The van der Waals surface area contributed by atoms with Gasteiger partial charge < -0.3 is 10.2 Å². The third-order valence-corrected chi connectivity index (χ3v) is 4.97. The number of alkyl halides is 3. The lowest BCUT2D eigenvalue weighted by Gasteiger charge is -2.32. The molecule has 27 heavy (non-hydrogen) atoms. The minimum atomic E-state index is -4.48. The minimum absolute atomic E-state index is 0.0217. The summed E-state index contributed by atoms with van der Waals surface area (Å²) >= 11 is 5.82. The Labute approximate surface area is 158 Å². The van der Waals surface area contributed by atoms with Crippen LogP contribution in [0.3, 0.4) is 0 Å². The highest BCUT2D eigenvalue weighted by molar-refractivity contribution is 6.34. The van der Waals surface area contributed by atoms with Crippen LogP contribution >= 0.6 is 11.6 Å². The maximum Gasteiger partial charge on any atom is 0.433 e. The molecule has 2 aliphatic rings. The largest absolute Gasteiger partial charge is 0.433 e. The molecule has 4 nitrogen and oxygen atoms in total. The topological polar surface area (TPSA) is 44.7 Å². The highest BCUT2D eigenvalue weighted by Crippen LogP contribution is 2.35. The molecule has 3 rings (SSSR count). The number of allylic oxidation sites excluding steroid dienone is 1. The molecule has 1 saturated carbocycles. The Balaban J connectivity index is 1.64. The summed E-state index contributed by atoms with van der Waals surface area (Å²) in [7, 11) is 0. The Morgan fingerprint density at radius 3 is 2.70 bits per heavy atom. The molecule has 1 aliphatic heterocycles. The number of amides is 1. The van der Waals surface area contributed by atoms with Gasteiger partial charge in [0.15, 0.2) is 0 Å². The van der Waals surface area contributed by atoms with Crippen molar-refractivity contribution < 1.29 is 22.4 Å². The third kappa shape index (κ3) is 5.00. The second kappa shape index (κ2) is 7.88. The Morgan fingerprint density at radius 2 is 2.11 bits per heavy atom. The summed E-state index contributed by atoms with van der Waals surface area (Å²) in [6.07, 6.45) is 0.692. The standard InChI is InChI=1S/C18H18ClF4N3O/c19-16-13(2-1-3-14(16)20)17(27)24-9-12(8-11-4-5-11)26-7-6-15(25-10-26)18(21,22)23/h1-3,6-7,11-12H,4-5,8-10H2,(H,24,27). The predicted molar refractivity (Wildman–Crippen MR) is 94.2 cm³/mol. The molecule has 0 spiro atoms. The number of rotatable bonds is 6. The van der Waals surface area contributed by atoms with Crippen LogP contribution < -0.4 is 5.32 Å². The normalized spacial score (nSPS) is 18.3. The number of hydrogen-bond donors (Lipinski definition) is 1. The molecule has 0 aromatic heterocycles. The van der Waals surface area contributed by atoms with Crippen molar-refractivity contribution in [2.24, 2.45) is 10.9 Å². The van der Waals surface area contributed by atoms with E-state index in [1.807, 2.05) is 0 Å². The van der Waals surface area contributed by atoms with E-state index in [0.29, 0.717) is 5.92 Å². The Bertz CT molecular complexity index is 774. The van der Waals surface area contributed by atoms with E-state index in [9.17, 15) is 22.4 Å². The number of halogens is 5. The van der Waals surface area contributed by atoms with Crippen LogP contribution in [0.2, 0.25) is 5.02 Å². The second-order valence-electron chi connectivity index (χ2n) is 6.66. The number of aliphatic imine (C=N–C) groups is 1. The summed E-state index contributed by atoms with van der Waals surface area (Å²) in [4.78, 5) is 17.6. The lowest BCUT2D eigenvalue weighted by molar-refractivity contribution is -0.0584. The van der Waals surface area contributed by atoms with Crippen molar-refractivity contribution in [3.63, 3.8) is 0 Å². The van der Waals surface area contributed by atoms with Gasteiger partial charge in [-0.25, -0.2) is 4.39 Å². The van der Waals surface area contributed by atoms with Crippen LogP contribution in [0.15, 0.2) is 35.5 Å². The monoisotopic (exact) mass is 403 g/mol. The molecular weight excluding hydrogens is 386 g/mol. The maximum absolute atomic E-state index is 13.5. The number of carbonyl (C=O) groups excluding carboxylic acids is 1. The van der Waals surface area contributed by atoms with Gasteiger partial charge in [0.2, 0.25) is 0 Å². The van der Waals surface area contributed by atoms with E-state index in [1.54, 1.807) is 4.90 Å². The molecule has 1 atom stereocenters. The SMILES string of the molecule is O=C(NCC(CC1CC1)N1C=CC(C(F)(F)F)=NC1)c1cccc(F)c1Cl. The van der Waals surface area contributed by atoms with Crippen LogP contribution in [0.4, 0.5) is 17.6 Å². The second-order valence-corrected chi connectivity index (χ2v) is 7.03. The van der Waals surface area contributed by atoms with Crippen LogP contribution in [0.1, 0.15) is 29.6 Å². The van der Waals surface area contributed by atoms with Crippen molar-refractivity contribution in [1.82, 2.24) is 10.2 Å². The summed E-state index contributed by atoms with van der Waals surface area (Å²) in [5, 5.41) is 2.44. The van der Waals surface area contributed by atoms with E-state index < -0.39 is 23.6 Å². The van der Waals surface area contributed by atoms with Crippen molar-refractivity contribution in [2.45, 2.75) is 31.5 Å². The van der Waals surface area contributed by atoms with Crippen molar-refractivity contribution in [3.05, 3.63) is 46.9 Å². The minimum Gasteiger partial charge on any atom is -0.354 e. The molecular formula is C18H18ClF4N3O. The van der Waals surface area contributed by atoms with Crippen LogP contribution in [0, 0.1) is 11.7 Å². The Kier molecular flexibility index (Phi) is 5.74. The van der Waals surface area contributed by atoms with Gasteiger partial charge in [0.05, 0.1) is 10.6 Å². The average Bonchev–Trinajstić information content (AvgIpc) is 3.44. The smallest absolute Gasteiger partial charge is 0.354 e. The highest BCUT2D eigenvalue weighted by atomic mass is 35.5. The number of carbonyl (C=O) groups is 1. The highest BCUT2D eigenvalue weighted by Gasteiger charge is 2.36. The van der Waals surface area contributed by atoms with Gasteiger partial charge in [-0.2, -0.15) is 13.2 Å². The molecule has 1 amide bonds. The Morgan fingerprint density at radius 1 is 1.37 bits per heavy atom. The number of benzene rings is 1. The van der Waals surface area contributed by atoms with E-state index in [-0.39, 0.29) is 29.8 Å². The average molecular weight is 404 g/mol. The Hall–Kier alpha value is -2.09. The van der Waals surface area contributed by atoms with E-state index in [1.165, 1.54) is 18.3 Å². The molecule has 9 heteroatoms. The fourth-order valence-electron chi connectivity index (χ4n) is 2.90. The molecule has 1 aromatic carbocycles. The fraction of sp³-hybridized carbons (Fsp3) is 0.444. The lowest BCUT2D eigenvalue weighted by atomic mass is 10.1. The summed E-state index contributed by atoms with van der Waals surface area (Å²) in [6.45, 7) is 0.0721. The number of hydrogen-bond acceptors (Lipinski definition) is 3. The molecule has 1 aromatic rings. The van der Waals surface area contributed by atoms with Crippen LogP contribution in [0.5, 0.6) is 0 Å². The van der Waals surface area contributed by atoms with Gasteiger partial charge in [-0.15, -0.1) is 0 Å². The molecule has 0 radical (unpaired) electrons. The molecule has 1 unspecified atom stereocenters. The van der Waals surface area contributed by atoms with Crippen LogP contribution in [-0.4, -0.2) is 42.0 Å². The van der Waals surface area contributed by atoms with E-state index in [0.717, 1.165) is 31.4 Å². The number of nitrogens with zero attached hydrogens (tertiary/aromatic N) is 2. The maximum atomic E-state index is 13.5. The van der Waals surface area contributed by atoms with Crippen molar-refractivity contribution in [3.8, 4) is 0 Å². The van der Waals surface area contributed by atoms with Gasteiger partial charge >= 0.3 is 6.18 Å². The van der Waals surface area contributed by atoms with Gasteiger partial charge in [-0.05, 0) is 30.5 Å². The molecule has 146 valence electrons. The summed E-state index contributed by atoms with van der Waals surface area (Å²) in [5.41, 5.74) is -0.895. The summed E-state index contributed by atoms with van der Waals surface area (Å²) in [6, 6.07) is 3.75. The summed E-state index contributed by atoms with van der Waals surface area (Å²) < 4.78 is 51.6. The van der Waals surface area contributed by atoms with Crippen molar-refractivity contribution >= 4 is 23.2 Å². The molecule has 0 saturated heterocycles. The first-order valence-corrected chi connectivity index (χ1v) is 8.91. The first kappa shape index (κ1) is 19.7. The van der Waals surface area contributed by atoms with Crippen LogP contribution in [0.25, 0.3) is 0 Å². The van der Waals surface area contributed by atoms with E-state index >= 15 is 0 Å². The van der Waals surface area contributed by atoms with Crippen molar-refractivity contribution in [1.29, 1.82) is 0 Å².